The van der Waals surface area contributed by atoms with E-state index >= 15 is 0 Å². The number of esters is 1. The number of thioether (sulfide) groups is 1. The first-order valence-electron chi connectivity index (χ1n) is 8.83. The fourth-order valence-electron chi connectivity index (χ4n) is 2.98. The molecule has 0 aliphatic carbocycles. The predicted molar refractivity (Wildman–Crippen MR) is 115 cm³/mol. The molecule has 8 heteroatoms. The monoisotopic (exact) mass is 431 g/mol. The number of ether oxygens (including phenoxy) is 2. The van der Waals surface area contributed by atoms with E-state index in [1.54, 1.807) is 35.2 Å². The summed E-state index contributed by atoms with van der Waals surface area (Å²) in [6, 6.07) is 10.6. The second-order valence-corrected chi connectivity index (χ2v) is 8.99. The first-order chi connectivity index (χ1) is 13.6. The van der Waals surface area contributed by atoms with Gasteiger partial charge in [-0.15, -0.1) is 11.3 Å². The minimum Gasteiger partial charge on any atom is -0.422 e. The van der Waals surface area contributed by atoms with Gasteiger partial charge in [0.25, 0.3) is 5.91 Å². The van der Waals surface area contributed by atoms with Crippen LogP contribution in [0.15, 0.2) is 46.7 Å². The zero-order valence-corrected chi connectivity index (χ0v) is 17.3. The Morgan fingerprint density at radius 1 is 1.32 bits per heavy atom. The molecule has 0 radical (unpaired) electrons. The van der Waals surface area contributed by atoms with Gasteiger partial charge in [-0.3, -0.25) is 9.69 Å². The molecule has 4 rings (SSSR count). The van der Waals surface area contributed by atoms with E-state index in [0.29, 0.717) is 26.4 Å². The molecule has 1 unspecified atom stereocenters. The molecule has 28 heavy (non-hydrogen) atoms. The average Bonchev–Trinajstić information content (AvgIpc) is 3.44. The molecule has 3 heterocycles. The number of benzene rings is 1. The fourth-order valence-corrected chi connectivity index (χ4v) is 4.86. The summed E-state index contributed by atoms with van der Waals surface area (Å²) in [5.74, 6) is -0.00191. The van der Waals surface area contributed by atoms with Gasteiger partial charge in [0.05, 0.1) is 17.6 Å². The van der Waals surface area contributed by atoms with Crippen molar-refractivity contribution in [1.82, 2.24) is 4.90 Å². The van der Waals surface area contributed by atoms with E-state index in [4.69, 9.17) is 21.7 Å². The fraction of sp³-hybridized carbons (Fsp3) is 0.250. The van der Waals surface area contributed by atoms with Gasteiger partial charge in [0.15, 0.2) is 0 Å². The summed E-state index contributed by atoms with van der Waals surface area (Å²) in [5, 5.41) is 1.83. The Hall–Kier alpha value is -2.00. The summed E-state index contributed by atoms with van der Waals surface area (Å²) < 4.78 is 11.5. The Bertz CT molecular complexity index is 915. The molecule has 1 aromatic carbocycles. The lowest BCUT2D eigenvalue weighted by Crippen LogP contribution is -2.35. The molecule has 1 atom stereocenters. The topological polar surface area (TPSA) is 55.8 Å². The number of thiocarbonyl (C=S) groups is 1. The molecule has 2 aliphatic rings. The lowest BCUT2D eigenvalue weighted by molar-refractivity contribution is -0.123. The van der Waals surface area contributed by atoms with Crippen LogP contribution in [0.5, 0.6) is 5.75 Å². The van der Waals surface area contributed by atoms with Crippen molar-refractivity contribution in [1.29, 1.82) is 0 Å². The van der Waals surface area contributed by atoms with E-state index in [1.807, 2.05) is 17.5 Å². The van der Waals surface area contributed by atoms with Gasteiger partial charge in [0, 0.05) is 6.61 Å². The van der Waals surface area contributed by atoms with Crippen molar-refractivity contribution in [3.05, 3.63) is 57.1 Å². The minimum atomic E-state index is -0.377. The van der Waals surface area contributed by atoms with Crippen LogP contribution >= 0.6 is 35.3 Å². The smallest absolute Gasteiger partial charge is 0.353 e. The Morgan fingerprint density at radius 3 is 2.82 bits per heavy atom. The SMILES string of the molecule is O=C(Oc1ccc(/C=C2\SC(=S)N(CC3CCCO3)C2=O)cc1)c1cccs1. The van der Waals surface area contributed by atoms with Crippen LogP contribution in [0, 0.1) is 0 Å². The molecule has 0 bridgehead atoms. The highest BCUT2D eigenvalue weighted by Crippen LogP contribution is 2.33. The number of hydrogen-bond donors (Lipinski definition) is 0. The lowest BCUT2D eigenvalue weighted by Gasteiger charge is -2.18. The molecule has 2 aromatic rings. The summed E-state index contributed by atoms with van der Waals surface area (Å²) in [6.07, 6.45) is 3.86. The third kappa shape index (κ3) is 4.35. The maximum Gasteiger partial charge on any atom is 0.353 e. The largest absolute Gasteiger partial charge is 0.422 e. The Balaban J connectivity index is 1.41. The second kappa shape index (κ2) is 8.57. The van der Waals surface area contributed by atoms with E-state index < -0.39 is 0 Å². The van der Waals surface area contributed by atoms with Crippen LogP contribution < -0.4 is 4.74 Å². The molecule has 0 spiro atoms. The highest BCUT2D eigenvalue weighted by Gasteiger charge is 2.34. The van der Waals surface area contributed by atoms with Crippen LogP contribution in [0.3, 0.4) is 0 Å². The summed E-state index contributed by atoms with van der Waals surface area (Å²) >= 11 is 8.01. The van der Waals surface area contributed by atoms with E-state index in [-0.39, 0.29) is 18.0 Å². The van der Waals surface area contributed by atoms with Crippen molar-refractivity contribution in [2.24, 2.45) is 0 Å². The van der Waals surface area contributed by atoms with Crippen LogP contribution in [-0.2, 0) is 9.53 Å². The van der Waals surface area contributed by atoms with Gasteiger partial charge < -0.3 is 9.47 Å². The third-order valence-electron chi connectivity index (χ3n) is 4.39. The van der Waals surface area contributed by atoms with Crippen molar-refractivity contribution < 1.29 is 19.1 Å². The summed E-state index contributed by atoms with van der Waals surface area (Å²) in [4.78, 5) is 27.4. The highest BCUT2D eigenvalue weighted by atomic mass is 32.2. The number of rotatable bonds is 5. The summed E-state index contributed by atoms with van der Waals surface area (Å²) in [7, 11) is 0. The Labute approximate surface area is 176 Å². The van der Waals surface area contributed by atoms with Crippen LogP contribution in [0.1, 0.15) is 28.1 Å². The van der Waals surface area contributed by atoms with Gasteiger partial charge in [-0.2, -0.15) is 0 Å². The molecule has 144 valence electrons. The maximum atomic E-state index is 12.7. The normalized spacial score (nSPS) is 20.9. The van der Waals surface area contributed by atoms with Gasteiger partial charge in [-0.25, -0.2) is 4.79 Å². The Morgan fingerprint density at radius 2 is 2.14 bits per heavy atom. The van der Waals surface area contributed by atoms with E-state index in [1.165, 1.54) is 23.1 Å². The molecule has 0 N–H and O–H groups in total. The number of amides is 1. The molecule has 2 saturated heterocycles. The molecule has 0 saturated carbocycles. The second-order valence-electron chi connectivity index (χ2n) is 6.36. The molecule has 2 aliphatic heterocycles. The van der Waals surface area contributed by atoms with Crippen molar-refractivity contribution in [3.63, 3.8) is 0 Å². The van der Waals surface area contributed by atoms with Gasteiger partial charge in [0.1, 0.15) is 14.9 Å². The van der Waals surface area contributed by atoms with Crippen LogP contribution in [0.25, 0.3) is 6.08 Å². The number of nitrogens with zero attached hydrogens (tertiary/aromatic N) is 1. The van der Waals surface area contributed by atoms with E-state index in [0.717, 1.165) is 25.0 Å². The van der Waals surface area contributed by atoms with E-state index in [9.17, 15) is 9.59 Å². The molecular weight excluding hydrogens is 414 g/mol. The van der Waals surface area contributed by atoms with Crippen LogP contribution in [-0.4, -0.2) is 40.4 Å². The van der Waals surface area contributed by atoms with Gasteiger partial charge in [-0.1, -0.05) is 42.2 Å². The van der Waals surface area contributed by atoms with Gasteiger partial charge in [0.2, 0.25) is 0 Å². The quantitative estimate of drug-likeness (QED) is 0.304. The molecule has 1 aromatic heterocycles. The highest BCUT2D eigenvalue weighted by molar-refractivity contribution is 8.26. The summed E-state index contributed by atoms with van der Waals surface area (Å²) in [6.45, 7) is 1.26. The Kier molecular flexibility index (Phi) is 5.91. The minimum absolute atomic E-state index is 0.0687. The number of hydrogen-bond acceptors (Lipinski definition) is 7. The summed E-state index contributed by atoms with van der Waals surface area (Å²) in [5.41, 5.74) is 0.841. The van der Waals surface area contributed by atoms with Crippen LogP contribution in [0.2, 0.25) is 0 Å². The lowest BCUT2D eigenvalue weighted by atomic mass is 10.2. The van der Waals surface area contributed by atoms with Crippen molar-refractivity contribution in [2.75, 3.05) is 13.2 Å². The molecule has 2 fully saturated rings. The predicted octanol–water partition coefficient (Wildman–Crippen LogP) is 4.35. The molecule has 1 amide bonds. The number of carbonyl (C=O) groups excluding carboxylic acids is 2. The maximum absolute atomic E-state index is 12.7. The zero-order chi connectivity index (χ0) is 19.5. The van der Waals surface area contributed by atoms with Gasteiger partial charge in [-0.05, 0) is 48.1 Å². The standard InChI is InChI=1S/C20H17NO4S3/c22-18-17(28-20(26)21(18)12-15-3-1-9-24-15)11-13-5-7-14(8-6-13)25-19(23)16-4-2-10-27-16/h2,4-8,10-11,15H,1,3,9,12H2/b17-11-. The van der Waals surface area contributed by atoms with Crippen molar-refractivity contribution in [2.45, 2.75) is 18.9 Å². The van der Waals surface area contributed by atoms with Gasteiger partial charge >= 0.3 is 5.97 Å². The zero-order valence-electron chi connectivity index (χ0n) is 14.8. The first kappa shape index (κ1) is 19.3. The number of thiophene rings is 1. The first-order valence-corrected chi connectivity index (χ1v) is 10.9. The van der Waals surface area contributed by atoms with Crippen LogP contribution in [0.4, 0.5) is 0 Å². The van der Waals surface area contributed by atoms with E-state index in [2.05, 4.69) is 0 Å². The average molecular weight is 432 g/mol. The molecular formula is C20H17NO4S3. The van der Waals surface area contributed by atoms with Crippen molar-refractivity contribution >= 4 is 57.6 Å². The number of carbonyl (C=O) groups is 2. The third-order valence-corrected chi connectivity index (χ3v) is 6.62. The molecule has 5 nitrogen and oxygen atoms in total. The van der Waals surface area contributed by atoms with Crippen molar-refractivity contribution in [3.8, 4) is 5.75 Å².